The number of nitrogens with one attached hydrogen (secondary N) is 2. The second kappa shape index (κ2) is 16.2. The average Bonchev–Trinajstić information content (AvgIpc) is 3.03. The lowest BCUT2D eigenvalue weighted by atomic mass is 10.0. The fourth-order valence-corrected chi connectivity index (χ4v) is 5.79. The molecule has 11 heteroatoms. The van der Waals surface area contributed by atoms with E-state index in [1.54, 1.807) is 35.8 Å². The van der Waals surface area contributed by atoms with Crippen LogP contribution in [0, 0.1) is 0 Å². The zero-order chi connectivity index (χ0) is 30.6. The minimum absolute atomic E-state index is 0.0496. The average molecular weight is 609 g/mol. The Balaban J connectivity index is 1.40. The molecule has 0 radical (unpaired) electrons. The molecule has 0 bridgehead atoms. The van der Waals surface area contributed by atoms with Gasteiger partial charge in [0, 0.05) is 41.2 Å². The predicted octanol–water partition coefficient (Wildman–Crippen LogP) is 5.61. The molecule has 0 saturated carbocycles. The standard InChI is InChI=1S/C32H36N2O8S/c35-19-21-10-12-22(13-11-21)27-18-25(20-43-28-7-5-4-6-26(28)31(38)39)41-32(42-27)23-14-16-24(17-15-23)33-29(36)8-2-1-3-9-30(37)34-40/h4-7,10-17,25,27,32,35,40H,1-3,8-9,18-20H2,(H,33,36)(H,34,37)(H,38,39). The van der Waals surface area contributed by atoms with Gasteiger partial charge in [0.2, 0.25) is 11.8 Å². The first kappa shape index (κ1) is 32.2. The van der Waals surface area contributed by atoms with Crippen LogP contribution in [0.1, 0.15) is 78.0 Å². The maximum absolute atomic E-state index is 12.4. The molecule has 0 aromatic heterocycles. The van der Waals surface area contributed by atoms with Gasteiger partial charge in [-0.2, -0.15) is 0 Å². The molecule has 4 rings (SSSR count). The molecule has 0 aliphatic carbocycles. The normalized spacial score (nSPS) is 18.1. The van der Waals surface area contributed by atoms with E-state index in [9.17, 15) is 24.6 Å². The summed E-state index contributed by atoms with van der Waals surface area (Å²) in [5.74, 6) is -1.02. The van der Waals surface area contributed by atoms with Crippen molar-refractivity contribution in [3.63, 3.8) is 0 Å². The molecule has 43 heavy (non-hydrogen) atoms. The van der Waals surface area contributed by atoms with E-state index in [4.69, 9.17) is 14.7 Å². The topological polar surface area (TPSA) is 154 Å². The van der Waals surface area contributed by atoms with Crippen LogP contribution >= 0.6 is 11.8 Å². The summed E-state index contributed by atoms with van der Waals surface area (Å²) < 4.78 is 12.7. The Hall–Kier alpha value is -3.74. The molecule has 3 aromatic carbocycles. The van der Waals surface area contributed by atoms with Crippen LogP contribution in [-0.2, 0) is 25.7 Å². The number of hydrogen-bond donors (Lipinski definition) is 5. The predicted molar refractivity (Wildman–Crippen MR) is 161 cm³/mol. The number of ether oxygens (including phenoxy) is 2. The monoisotopic (exact) mass is 608 g/mol. The molecule has 3 aromatic rings. The van der Waals surface area contributed by atoms with Crippen molar-refractivity contribution in [2.75, 3.05) is 11.1 Å². The van der Waals surface area contributed by atoms with E-state index >= 15 is 0 Å². The first-order chi connectivity index (χ1) is 20.9. The number of benzene rings is 3. The van der Waals surface area contributed by atoms with Gasteiger partial charge in [-0.15, -0.1) is 11.8 Å². The van der Waals surface area contributed by atoms with E-state index < -0.39 is 18.2 Å². The Morgan fingerprint density at radius 1 is 0.837 bits per heavy atom. The van der Waals surface area contributed by atoms with Crippen LogP contribution in [0.4, 0.5) is 5.69 Å². The van der Waals surface area contributed by atoms with Crippen LogP contribution in [-0.4, -0.2) is 45.1 Å². The van der Waals surface area contributed by atoms with Crippen LogP contribution < -0.4 is 10.8 Å². The molecule has 1 fully saturated rings. The third-order valence-electron chi connectivity index (χ3n) is 7.06. The molecule has 10 nitrogen and oxygen atoms in total. The zero-order valence-electron chi connectivity index (χ0n) is 23.6. The van der Waals surface area contributed by atoms with Gasteiger partial charge < -0.3 is 25.0 Å². The van der Waals surface area contributed by atoms with Crippen molar-refractivity contribution < 1.29 is 39.3 Å². The SMILES string of the molecule is O=C(CCCCCC(=O)Nc1ccc(C2OC(CSc3ccccc3C(=O)O)CC(c3ccc(CO)cc3)O2)cc1)NO. The van der Waals surface area contributed by atoms with Crippen molar-refractivity contribution in [3.8, 4) is 0 Å². The number of aliphatic hydroxyl groups is 1. The van der Waals surface area contributed by atoms with Gasteiger partial charge in [0.25, 0.3) is 0 Å². The number of hydrogen-bond acceptors (Lipinski definition) is 8. The maximum Gasteiger partial charge on any atom is 0.336 e. The molecule has 1 heterocycles. The van der Waals surface area contributed by atoms with Gasteiger partial charge in [-0.05, 0) is 48.2 Å². The number of hydroxylamine groups is 1. The number of rotatable bonds is 14. The molecule has 0 spiro atoms. The van der Waals surface area contributed by atoms with Crippen LogP contribution in [0.5, 0.6) is 0 Å². The van der Waals surface area contributed by atoms with E-state index in [1.807, 2.05) is 42.5 Å². The highest BCUT2D eigenvalue weighted by molar-refractivity contribution is 7.99. The van der Waals surface area contributed by atoms with E-state index in [2.05, 4.69) is 5.32 Å². The van der Waals surface area contributed by atoms with Crippen molar-refractivity contribution in [1.82, 2.24) is 5.48 Å². The number of carbonyl (C=O) groups excluding carboxylic acids is 2. The van der Waals surface area contributed by atoms with Crippen molar-refractivity contribution in [3.05, 3.63) is 95.1 Å². The van der Waals surface area contributed by atoms with Gasteiger partial charge in [-0.1, -0.05) is 55.0 Å². The largest absolute Gasteiger partial charge is 0.478 e. The lowest BCUT2D eigenvalue weighted by Gasteiger charge is -2.36. The van der Waals surface area contributed by atoms with Crippen LogP contribution in [0.15, 0.2) is 77.7 Å². The summed E-state index contributed by atoms with van der Waals surface area (Å²) in [6.45, 7) is -0.0496. The highest BCUT2D eigenvalue weighted by atomic mass is 32.2. The minimum Gasteiger partial charge on any atom is -0.478 e. The summed E-state index contributed by atoms with van der Waals surface area (Å²) in [5, 5.41) is 30.4. The number of carbonyl (C=O) groups is 3. The number of aliphatic hydroxyl groups excluding tert-OH is 1. The first-order valence-corrected chi connectivity index (χ1v) is 15.1. The Morgan fingerprint density at radius 2 is 1.51 bits per heavy atom. The number of amides is 2. The zero-order valence-corrected chi connectivity index (χ0v) is 24.4. The van der Waals surface area contributed by atoms with Gasteiger partial charge in [0.05, 0.1) is 24.4 Å². The third-order valence-corrected chi connectivity index (χ3v) is 8.26. The maximum atomic E-state index is 12.4. The van der Waals surface area contributed by atoms with E-state index in [0.29, 0.717) is 48.4 Å². The fraction of sp³-hybridized carbons (Fsp3) is 0.344. The molecule has 228 valence electrons. The van der Waals surface area contributed by atoms with E-state index in [1.165, 1.54) is 11.8 Å². The number of thioether (sulfide) groups is 1. The van der Waals surface area contributed by atoms with Gasteiger partial charge >= 0.3 is 5.97 Å². The minimum atomic E-state index is -0.977. The summed E-state index contributed by atoms with van der Waals surface area (Å²) in [6, 6.07) is 21.7. The number of unbranched alkanes of at least 4 members (excludes halogenated alkanes) is 2. The second-order valence-electron chi connectivity index (χ2n) is 10.2. The quantitative estimate of drug-likeness (QED) is 0.0680. The van der Waals surface area contributed by atoms with Crippen LogP contribution in [0.25, 0.3) is 0 Å². The van der Waals surface area contributed by atoms with Gasteiger partial charge in [0.15, 0.2) is 6.29 Å². The Labute approximate surface area is 254 Å². The van der Waals surface area contributed by atoms with Gasteiger partial charge in [-0.25, -0.2) is 10.3 Å². The Morgan fingerprint density at radius 3 is 2.19 bits per heavy atom. The fourth-order valence-electron chi connectivity index (χ4n) is 4.73. The number of anilines is 1. The molecular weight excluding hydrogens is 572 g/mol. The lowest BCUT2D eigenvalue weighted by molar-refractivity contribution is -0.245. The first-order valence-electron chi connectivity index (χ1n) is 14.1. The second-order valence-corrected chi connectivity index (χ2v) is 11.3. The Bertz CT molecular complexity index is 1370. The highest BCUT2D eigenvalue weighted by Crippen LogP contribution is 2.40. The molecule has 3 atom stereocenters. The van der Waals surface area contributed by atoms with Crippen molar-refractivity contribution in [2.45, 2.75) is 68.5 Å². The summed E-state index contributed by atoms with van der Waals surface area (Å²) in [4.78, 5) is 35.8. The third kappa shape index (κ3) is 9.63. The van der Waals surface area contributed by atoms with Crippen molar-refractivity contribution in [2.24, 2.45) is 0 Å². The lowest BCUT2D eigenvalue weighted by Crippen LogP contribution is -2.31. The highest BCUT2D eigenvalue weighted by Gasteiger charge is 2.32. The van der Waals surface area contributed by atoms with Gasteiger partial charge in [0.1, 0.15) is 0 Å². The molecule has 1 aliphatic heterocycles. The van der Waals surface area contributed by atoms with Crippen molar-refractivity contribution >= 4 is 35.2 Å². The summed E-state index contributed by atoms with van der Waals surface area (Å²) in [7, 11) is 0. The molecule has 1 saturated heterocycles. The summed E-state index contributed by atoms with van der Waals surface area (Å²) in [6.07, 6.45) is 1.81. The molecule has 3 unspecified atom stereocenters. The number of aromatic carboxylic acids is 1. The van der Waals surface area contributed by atoms with Crippen LogP contribution in [0.2, 0.25) is 0 Å². The summed E-state index contributed by atoms with van der Waals surface area (Å²) >= 11 is 1.43. The van der Waals surface area contributed by atoms with Crippen molar-refractivity contribution in [1.29, 1.82) is 0 Å². The van der Waals surface area contributed by atoms with Crippen LogP contribution in [0.3, 0.4) is 0 Å². The number of carboxylic acids is 1. The molecule has 2 amide bonds. The smallest absolute Gasteiger partial charge is 0.336 e. The molecule has 1 aliphatic rings. The molecule has 5 N–H and O–H groups in total. The summed E-state index contributed by atoms with van der Waals surface area (Å²) in [5.41, 5.74) is 5.01. The number of carboxylic acid groups (broad SMARTS) is 1. The Kier molecular flexibility index (Phi) is 12.1. The van der Waals surface area contributed by atoms with E-state index in [-0.39, 0.29) is 36.7 Å². The van der Waals surface area contributed by atoms with E-state index in [0.717, 1.165) is 16.7 Å². The van der Waals surface area contributed by atoms with Gasteiger partial charge in [-0.3, -0.25) is 14.8 Å². The molecular formula is C32H36N2O8S.